The average molecular weight is 448 g/mol. The normalized spacial score (nSPS) is 17.6. The number of ether oxygens (including phenoxy) is 1. The summed E-state index contributed by atoms with van der Waals surface area (Å²) in [5.41, 5.74) is 1.74. The summed E-state index contributed by atoms with van der Waals surface area (Å²) in [7, 11) is 0. The molecule has 1 aliphatic rings. The minimum Gasteiger partial charge on any atom is -0.371 e. The Labute approximate surface area is 183 Å². The lowest BCUT2D eigenvalue weighted by Crippen LogP contribution is -2.38. The third kappa shape index (κ3) is 4.49. The van der Waals surface area contributed by atoms with Crippen LogP contribution in [0.3, 0.4) is 0 Å². The molecule has 0 aliphatic carbocycles. The van der Waals surface area contributed by atoms with Gasteiger partial charge in [-0.1, -0.05) is 23.7 Å². The fourth-order valence-corrected chi connectivity index (χ4v) is 4.90. The minimum atomic E-state index is -0.415. The number of benzene rings is 1. The van der Waals surface area contributed by atoms with Gasteiger partial charge in [-0.25, -0.2) is 9.37 Å². The Bertz CT molecular complexity index is 1070. The molecule has 1 aliphatic heterocycles. The van der Waals surface area contributed by atoms with Crippen molar-refractivity contribution in [2.24, 2.45) is 0 Å². The number of pyridine rings is 1. The van der Waals surface area contributed by atoms with E-state index in [2.05, 4.69) is 15.2 Å². The second kappa shape index (κ2) is 8.98. The summed E-state index contributed by atoms with van der Waals surface area (Å²) < 4.78 is 19.9. The van der Waals surface area contributed by atoms with Crippen LogP contribution in [0.1, 0.15) is 40.8 Å². The SMILES string of the molecule is CC(C)NC(=O)c1sc2ncccc2c1C1CN(Cc2ccc(Cl)c(F)c2)CCO1. The maximum atomic E-state index is 13.8. The van der Waals surface area contributed by atoms with Crippen LogP contribution in [0.5, 0.6) is 0 Å². The maximum Gasteiger partial charge on any atom is 0.262 e. The fraction of sp³-hybridized carbons (Fsp3) is 0.364. The highest BCUT2D eigenvalue weighted by Gasteiger charge is 2.30. The van der Waals surface area contributed by atoms with Crippen molar-refractivity contribution in [3.63, 3.8) is 0 Å². The molecule has 1 fully saturated rings. The molecule has 1 N–H and O–H groups in total. The molecular formula is C22H23ClFN3O2S. The molecule has 5 nitrogen and oxygen atoms in total. The number of aromatic nitrogens is 1. The highest BCUT2D eigenvalue weighted by atomic mass is 35.5. The van der Waals surface area contributed by atoms with Gasteiger partial charge in [0.1, 0.15) is 15.5 Å². The predicted molar refractivity (Wildman–Crippen MR) is 118 cm³/mol. The van der Waals surface area contributed by atoms with E-state index in [4.69, 9.17) is 16.3 Å². The summed E-state index contributed by atoms with van der Waals surface area (Å²) in [5.74, 6) is -0.523. The Morgan fingerprint density at radius 2 is 2.27 bits per heavy atom. The monoisotopic (exact) mass is 447 g/mol. The number of nitrogens with zero attached hydrogens (tertiary/aromatic N) is 2. The molecule has 0 saturated carbocycles. The first-order valence-electron chi connectivity index (χ1n) is 9.88. The van der Waals surface area contributed by atoms with E-state index < -0.39 is 5.82 Å². The van der Waals surface area contributed by atoms with Crippen LogP contribution in [-0.2, 0) is 11.3 Å². The van der Waals surface area contributed by atoms with E-state index in [0.29, 0.717) is 24.6 Å². The second-order valence-corrected chi connectivity index (χ2v) is 9.08. The molecule has 0 bridgehead atoms. The van der Waals surface area contributed by atoms with Gasteiger partial charge in [0.25, 0.3) is 5.91 Å². The van der Waals surface area contributed by atoms with Crippen LogP contribution < -0.4 is 5.32 Å². The summed E-state index contributed by atoms with van der Waals surface area (Å²) in [5, 5.41) is 4.05. The highest BCUT2D eigenvalue weighted by Crippen LogP contribution is 2.37. The molecule has 1 amide bonds. The Balaban J connectivity index is 1.62. The number of hydrogen-bond acceptors (Lipinski definition) is 5. The van der Waals surface area contributed by atoms with E-state index in [0.717, 1.165) is 27.9 Å². The van der Waals surface area contributed by atoms with Crippen LogP contribution >= 0.6 is 22.9 Å². The van der Waals surface area contributed by atoms with E-state index in [1.165, 1.54) is 17.4 Å². The second-order valence-electron chi connectivity index (χ2n) is 7.67. The lowest BCUT2D eigenvalue weighted by molar-refractivity contribution is -0.0323. The number of hydrogen-bond donors (Lipinski definition) is 1. The molecule has 158 valence electrons. The van der Waals surface area contributed by atoms with Crippen LogP contribution in [0.25, 0.3) is 10.2 Å². The van der Waals surface area contributed by atoms with Gasteiger partial charge >= 0.3 is 0 Å². The van der Waals surface area contributed by atoms with E-state index in [-0.39, 0.29) is 23.1 Å². The van der Waals surface area contributed by atoms with Crippen molar-refractivity contribution in [2.75, 3.05) is 19.7 Å². The molecule has 8 heteroatoms. The maximum absolute atomic E-state index is 13.8. The van der Waals surface area contributed by atoms with Crippen molar-refractivity contribution in [3.05, 3.63) is 63.4 Å². The van der Waals surface area contributed by atoms with Gasteiger partial charge in [0.15, 0.2) is 0 Å². The van der Waals surface area contributed by atoms with Crippen LogP contribution in [0, 0.1) is 5.82 Å². The van der Waals surface area contributed by atoms with Gasteiger partial charge in [-0.3, -0.25) is 9.69 Å². The first-order chi connectivity index (χ1) is 14.4. The lowest BCUT2D eigenvalue weighted by atomic mass is 10.0. The number of thiophene rings is 1. The standard InChI is InChI=1S/C22H23ClFN3O2S/c1-13(2)26-21(28)20-19(15-4-3-7-25-22(15)30-20)18-12-27(8-9-29-18)11-14-5-6-16(23)17(24)10-14/h3-7,10,13,18H,8-9,11-12H2,1-2H3,(H,26,28). The Hall–Kier alpha value is -2.06. The van der Waals surface area contributed by atoms with E-state index in [1.807, 2.05) is 32.0 Å². The van der Waals surface area contributed by atoms with Gasteiger partial charge in [0.05, 0.1) is 17.7 Å². The molecule has 0 spiro atoms. The number of fused-ring (bicyclic) bond motifs is 1. The molecule has 1 saturated heterocycles. The first kappa shape index (κ1) is 21.2. The van der Waals surface area contributed by atoms with Gasteiger partial charge in [-0.15, -0.1) is 11.3 Å². The minimum absolute atomic E-state index is 0.0343. The first-order valence-corrected chi connectivity index (χ1v) is 11.1. The zero-order valence-corrected chi connectivity index (χ0v) is 18.4. The van der Waals surface area contributed by atoms with E-state index in [1.54, 1.807) is 12.3 Å². The largest absolute Gasteiger partial charge is 0.371 e. The van der Waals surface area contributed by atoms with Crippen LogP contribution in [0.4, 0.5) is 4.39 Å². The van der Waals surface area contributed by atoms with Crippen molar-refractivity contribution in [3.8, 4) is 0 Å². The predicted octanol–water partition coefficient (Wildman–Crippen LogP) is 4.80. The molecular weight excluding hydrogens is 425 g/mol. The molecule has 4 rings (SSSR count). The zero-order chi connectivity index (χ0) is 21.3. The van der Waals surface area contributed by atoms with Gasteiger partial charge < -0.3 is 10.1 Å². The van der Waals surface area contributed by atoms with E-state index in [9.17, 15) is 9.18 Å². The number of halogens is 2. The number of amides is 1. The van der Waals surface area contributed by atoms with Gasteiger partial charge in [-0.2, -0.15) is 0 Å². The quantitative estimate of drug-likeness (QED) is 0.610. The summed E-state index contributed by atoms with van der Waals surface area (Å²) in [6.45, 7) is 6.33. The molecule has 1 atom stereocenters. The average Bonchev–Trinajstić information content (AvgIpc) is 3.10. The van der Waals surface area contributed by atoms with Crippen LogP contribution in [0.15, 0.2) is 36.5 Å². The van der Waals surface area contributed by atoms with Gasteiger partial charge in [-0.05, 0) is 37.6 Å². The molecule has 1 aromatic carbocycles. The molecule has 3 aromatic rings. The van der Waals surface area contributed by atoms with Crippen molar-refractivity contribution >= 4 is 39.1 Å². The number of rotatable bonds is 5. The highest BCUT2D eigenvalue weighted by molar-refractivity contribution is 7.20. The summed E-state index contributed by atoms with van der Waals surface area (Å²) in [6.07, 6.45) is 1.47. The third-order valence-corrected chi connectivity index (χ3v) is 6.43. The number of nitrogens with one attached hydrogen (secondary N) is 1. The van der Waals surface area contributed by atoms with Crippen LogP contribution in [0.2, 0.25) is 5.02 Å². The van der Waals surface area contributed by atoms with Gasteiger partial charge in [0, 0.05) is 42.8 Å². The number of morpholine rings is 1. The molecule has 1 unspecified atom stereocenters. The smallest absolute Gasteiger partial charge is 0.262 e. The Morgan fingerprint density at radius 3 is 3.03 bits per heavy atom. The van der Waals surface area contributed by atoms with Gasteiger partial charge in [0.2, 0.25) is 0 Å². The topological polar surface area (TPSA) is 54.5 Å². The molecule has 3 heterocycles. The Morgan fingerprint density at radius 1 is 1.43 bits per heavy atom. The van der Waals surface area contributed by atoms with Crippen LogP contribution in [-0.4, -0.2) is 41.5 Å². The zero-order valence-electron chi connectivity index (χ0n) is 16.8. The van der Waals surface area contributed by atoms with E-state index >= 15 is 0 Å². The summed E-state index contributed by atoms with van der Waals surface area (Å²) in [4.78, 5) is 21.0. The molecule has 2 aromatic heterocycles. The molecule has 0 radical (unpaired) electrons. The molecule has 30 heavy (non-hydrogen) atoms. The summed E-state index contributed by atoms with van der Waals surface area (Å²) >= 11 is 7.19. The Kier molecular flexibility index (Phi) is 6.34. The van der Waals surface area contributed by atoms with Crippen molar-refractivity contribution in [1.29, 1.82) is 0 Å². The third-order valence-electron chi connectivity index (χ3n) is 4.99. The van der Waals surface area contributed by atoms with Crippen molar-refractivity contribution in [1.82, 2.24) is 15.2 Å². The van der Waals surface area contributed by atoms with Crippen molar-refractivity contribution in [2.45, 2.75) is 32.5 Å². The number of carbonyl (C=O) groups is 1. The van der Waals surface area contributed by atoms with Crippen molar-refractivity contribution < 1.29 is 13.9 Å². The fourth-order valence-electron chi connectivity index (χ4n) is 3.68. The lowest BCUT2D eigenvalue weighted by Gasteiger charge is -2.33. The summed E-state index contributed by atoms with van der Waals surface area (Å²) in [6, 6.07) is 8.78. The number of carbonyl (C=O) groups excluding carboxylic acids is 1.